The number of anilines is 1. The third kappa shape index (κ3) is 2.88. The molecule has 1 saturated heterocycles. The summed E-state index contributed by atoms with van der Waals surface area (Å²) in [6.45, 7) is 2.26. The predicted octanol–water partition coefficient (Wildman–Crippen LogP) is 5.09. The Morgan fingerprint density at radius 2 is 1.79 bits per heavy atom. The summed E-state index contributed by atoms with van der Waals surface area (Å²) < 4.78 is 0. The molecular weight excluding hydrogens is 299 g/mol. The van der Waals surface area contributed by atoms with Crippen molar-refractivity contribution in [2.45, 2.75) is 50.8 Å². The lowest BCUT2D eigenvalue weighted by Gasteiger charge is -2.44. The lowest BCUT2D eigenvalue weighted by atomic mass is 9.68. The maximum atomic E-state index is 6.09. The van der Waals surface area contributed by atoms with Crippen LogP contribution in [-0.4, -0.2) is 18.1 Å². The molecule has 3 rings (SSSR count). The van der Waals surface area contributed by atoms with Gasteiger partial charge in [0, 0.05) is 13.1 Å². The molecule has 0 radical (unpaired) electrons. The van der Waals surface area contributed by atoms with E-state index in [1.54, 1.807) is 11.3 Å². The number of thiazole rings is 1. The van der Waals surface area contributed by atoms with E-state index in [2.05, 4.69) is 9.88 Å². The summed E-state index contributed by atoms with van der Waals surface area (Å²) in [4.78, 5) is 7.86. The van der Waals surface area contributed by atoms with Crippen molar-refractivity contribution in [1.29, 1.82) is 0 Å². The molecule has 19 heavy (non-hydrogen) atoms. The highest BCUT2D eigenvalue weighted by atomic mass is 35.5. The minimum atomic E-state index is 0.467. The molecule has 1 aromatic rings. The van der Waals surface area contributed by atoms with Gasteiger partial charge in [-0.25, -0.2) is 4.98 Å². The van der Waals surface area contributed by atoms with Crippen LogP contribution in [0.1, 0.15) is 49.8 Å². The van der Waals surface area contributed by atoms with Crippen molar-refractivity contribution in [2.24, 2.45) is 5.41 Å². The minimum absolute atomic E-state index is 0.467. The van der Waals surface area contributed by atoms with Gasteiger partial charge < -0.3 is 4.90 Å². The standard InChI is InChI=1S/C14H20Cl2N2S/c15-10-11-12(16)17-13(19-11)18-8-6-14(7-9-18)4-2-1-3-5-14/h1-10H2. The lowest BCUT2D eigenvalue weighted by Crippen LogP contribution is -2.41. The van der Waals surface area contributed by atoms with Crippen LogP contribution >= 0.6 is 34.5 Å². The van der Waals surface area contributed by atoms with Crippen LogP contribution in [0.15, 0.2) is 0 Å². The molecule has 5 heteroatoms. The summed E-state index contributed by atoms with van der Waals surface area (Å²) >= 11 is 13.6. The van der Waals surface area contributed by atoms with E-state index in [0.29, 0.717) is 16.4 Å². The fourth-order valence-electron chi connectivity index (χ4n) is 3.51. The van der Waals surface area contributed by atoms with Crippen LogP contribution in [0.2, 0.25) is 5.15 Å². The zero-order valence-electron chi connectivity index (χ0n) is 11.1. The first-order chi connectivity index (χ1) is 9.22. The van der Waals surface area contributed by atoms with E-state index in [1.165, 1.54) is 44.9 Å². The number of nitrogens with zero attached hydrogens (tertiary/aromatic N) is 2. The Kier molecular flexibility index (Phi) is 4.25. The van der Waals surface area contributed by atoms with Gasteiger partial charge in [0.1, 0.15) is 5.15 Å². The van der Waals surface area contributed by atoms with E-state index < -0.39 is 0 Å². The van der Waals surface area contributed by atoms with Crippen molar-refractivity contribution >= 4 is 39.7 Å². The molecule has 2 fully saturated rings. The van der Waals surface area contributed by atoms with Crippen molar-refractivity contribution < 1.29 is 0 Å². The van der Waals surface area contributed by atoms with Gasteiger partial charge in [-0.1, -0.05) is 42.2 Å². The van der Waals surface area contributed by atoms with E-state index in [1.807, 2.05) is 0 Å². The molecule has 1 saturated carbocycles. The van der Waals surface area contributed by atoms with Gasteiger partial charge in [0.05, 0.1) is 10.8 Å². The summed E-state index contributed by atoms with van der Waals surface area (Å²) in [7, 11) is 0. The summed E-state index contributed by atoms with van der Waals surface area (Å²) in [5, 5.41) is 1.65. The molecule has 0 unspecified atom stereocenters. The van der Waals surface area contributed by atoms with E-state index in [-0.39, 0.29) is 0 Å². The summed E-state index contributed by atoms with van der Waals surface area (Å²) in [6.07, 6.45) is 9.81. The van der Waals surface area contributed by atoms with Crippen LogP contribution in [0.5, 0.6) is 0 Å². The highest BCUT2D eigenvalue weighted by Gasteiger charge is 2.36. The molecule has 0 atom stereocenters. The Labute approximate surface area is 129 Å². The summed E-state index contributed by atoms with van der Waals surface area (Å²) in [5.74, 6) is 0.467. The Bertz CT molecular complexity index is 431. The Morgan fingerprint density at radius 3 is 2.37 bits per heavy atom. The molecule has 2 heterocycles. The maximum absolute atomic E-state index is 6.09. The van der Waals surface area contributed by atoms with Crippen molar-refractivity contribution in [2.75, 3.05) is 18.0 Å². The van der Waals surface area contributed by atoms with Crippen LogP contribution in [0, 0.1) is 5.41 Å². The van der Waals surface area contributed by atoms with Gasteiger partial charge in [0.2, 0.25) is 0 Å². The first-order valence-electron chi connectivity index (χ1n) is 7.19. The average molecular weight is 319 g/mol. The smallest absolute Gasteiger partial charge is 0.187 e. The molecular formula is C14H20Cl2N2S. The number of piperidine rings is 1. The Hall–Kier alpha value is 0.01000. The van der Waals surface area contributed by atoms with Crippen LogP contribution in [-0.2, 0) is 5.88 Å². The molecule has 0 aromatic carbocycles. The second kappa shape index (κ2) is 5.79. The van der Waals surface area contributed by atoms with Gasteiger partial charge in [-0.3, -0.25) is 0 Å². The van der Waals surface area contributed by atoms with Gasteiger partial charge in [0.25, 0.3) is 0 Å². The zero-order chi connectivity index (χ0) is 13.3. The second-order valence-electron chi connectivity index (χ2n) is 5.89. The van der Waals surface area contributed by atoms with Crippen molar-refractivity contribution in [1.82, 2.24) is 4.98 Å². The van der Waals surface area contributed by atoms with E-state index in [4.69, 9.17) is 23.2 Å². The van der Waals surface area contributed by atoms with E-state index in [9.17, 15) is 0 Å². The second-order valence-corrected chi connectivity index (χ2v) is 7.58. The maximum Gasteiger partial charge on any atom is 0.187 e. The molecule has 0 N–H and O–H groups in total. The number of hydrogen-bond acceptors (Lipinski definition) is 3. The summed E-state index contributed by atoms with van der Waals surface area (Å²) in [6, 6.07) is 0. The Morgan fingerprint density at radius 1 is 1.11 bits per heavy atom. The first-order valence-corrected chi connectivity index (χ1v) is 8.91. The molecule has 2 aliphatic rings. The van der Waals surface area contributed by atoms with Crippen LogP contribution in [0.3, 0.4) is 0 Å². The molecule has 0 bridgehead atoms. The quantitative estimate of drug-likeness (QED) is 0.706. The van der Waals surface area contributed by atoms with E-state index in [0.717, 1.165) is 23.1 Å². The molecule has 106 valence electrons. The van der Waals surface area contributed by atoms with Gasteiger partial charge >= 0.3 is 0 Å². The molecule has 1 aliphatic heterocycles. The minimum Gasteiger partial charge on any atom is -0.348 e. The molecule has 1 spiro atoms. The third-order valence-corrected chi connectivity index (χ3v) is 6.74. The van der Waals surface area contributed by atoms with Gasteiger partial charge in [-0.05, 0) is 31.1 Å². The van der Waals surface area contributed by atoms with Gasteiger partial charge in [-0.15, -0.1) is 11.6 Å². The zero-order valence-corrected chi connectivity index (χ0v) is 13.5. The number of halogens is 2. The lowest BCUT2D eigenvalue weighted by molar-refractivity contribution is 0.144. The van der Waals surface area contributed by atoms with Crippen molar-refractivity contribution in [3.8, 4) is 0 Å². The van der Waals surface area contributed by atoms with Crippen LogP contribution in [0.4, 0.5) is 5.13 Å². The molecule has 1 aromatic heterocycles. The van der Waals surface area contributed by atoms with Crippen LogP contribution in [0.25, 0.3) is 0 Å². The number of rotatable bonds is 2. The van der Waals surface area contributed by atoms with E-state index >= 15 is 0 Å². The normalized spacial score (nSPS) is 22.9. The van der Waals surface area contributed by atoms with Gasteiger partial charge in [-0.2, -0.15) is 0 Å². The predicted molar refractivity (Wildman–Crippen MR) is 83.6 cm³/mol. The fourth-order valence-corrected chi connectivity index (χ4v) is 5.04. The number of hydrogen-bond donors (Lipinski definition) is 0. The van der Waals surface area contributed by atoms with Gasteiger partial charge in [0.15, 0.2) is 5.13 Å². The first kappa shape index (κ1) is 14.0. The Balaban J connectivity index is 1.65. The third-order valence-electron chi connectivity index (χ3n) is 4.77. The van der Waals surface area contributed by atoms with Crippen molar-refractivity contribution in [3.05, 3.63) is 10.0 Å². The largest absolute Gasteiger partial charge is 0.348 e. The summed E-state index contributed by atoms with van der Waals surface area (Å²) in [5.41, 5.74) is 0.644. The molecule has 2 nitrogen and oxygen atoms in total. The number of aromatic nitrogens is 1. The fraction of sp³-hybridized carbons (Fsp3) is 0.786. The highest BCUT2D eigenvalue weighted by Crippen LogP contribution is 2.45. The topological polar surface area (TPSA) is 16.1 Å². The number of alkyl halides is 1. The monoisotopic (exact) mass is 318 g/mol. The molecule has 1 aliphatic carbocycles. The SMILES string of the molecule is ClCc1sc(N2CCC3(CCCCC3)CC2)nc1Cl. The highest BCUT2D eigenvalue weighted by molar-refractivity contribution is 7.16. The average Bonchev–Trinajstić information content (AvgIpc) is 2.82. The van der Waals surface area contributed by atoms with Crippen molar-refractivity contribution in [3.63, 3.8) is 0 Å². The molecule has 0 amide bonds. The van der Waals surface area contributed by atoms with Crippen LogP contribution < -0.4 is 4.90 Å².